The molecule has 4 aromatic rings. The van der Waals surface area contributed by atoms with Crippen molar-refractivity contribution in [2.24, 2.45) is 0 Å². The molecule has 0 aliphatic rings. The highest BCUT2D eigenvalue weighted by Gasteiger charge is 2.15. The fourth-order valence-corrected chi connectivity index (χ4v) is 2.90. The number of aromatic nitrogens is 3. The molecule has 0 unspecified atom stereocenters. The lowest BCUT2D eigenvalue weighted by Gasteiger charge is -2.13. The van der Waals surface area contributed by atoms with Crippen molar-refractivity contribution >= 4 is 10.9 Å². The van der Waals surface area contributed by atoms with Crippen molar-refractivity contribution in [1.29, 1.82) is 0 Å². The number of methoxy groups -OCH3 is 2. The van der Waals surface area contributed by atoms with Crippen LogP contribution in [-0.4, -0.2) is 29.2 Å². The third-order valence-electron chi connectivity index (χ3n) is 4.15. The van der Waals surface area contributed by atoms with Crippen LogP contribution in [0.2, 0.25) is 0 Å². The first-order valence-corrected chi connectivity index (χ1v) is 8.21. The summed E-state index contributed by atoms with van der Waals surface area (Å²) in [5.41, 5.74) is 3.13. The van der Waals surface area contributed by atoms with Crippen LogP contribution in [0, 0.1) is 0 Å². The Morgan fingerprint density at radius 3 is 2.15 bits per heavy atom. The topological polar surface area (TPSA) is 57.1 Å². The number of benzene rings is 2. The highest BCUT2D eigenvalue weighted by molar-refractivity contribution is 5.80. The molecule has 2 aromatic heterocycles. The summed E-state index contributed by atoms with van der Waals surface area (Å²) in [6.07, 6.45) is 1.82. The summed E-state index contributed by atoms with van der Waals surface area (Å²) in [4.78, 5) is 13.8. The quantitative estimate of drug-likeness (QED) is 0.550. The molecule has 0 amide bonds. The lowest BCUT2D eigenvalue weighted by atomic mass is 10.1. The van der Waals surface area contributed by atoms with Crippen LogP contribution in [0.1, 0.15) is 0 Å². The molecule has 2 heterocycles. The van der Waals surface area contributed by atoms with Crippen LogP contribution in [0.3, 0.4) is 0 Å². The second-order valence-corrected chi connectivity index (χ2v) is 5.70. The monoisotopic (exact) mass is 343 g/mol. The molecule has 26 heavy (non-hydrogen) atoms. The average molecular weight is 343 g/mol. The molecule has 0 saturated heterocycles. The van der Waals surface area contributed by atoms with Crippen LogP contribution < -0.4 is 9.47 Å². The van der Waals surface area contributed by atoms with E-state index in [1.807, 2.05) is 66.9 Å². The first-order chi connectivity index (χ1) is 12.8. The second-order valence-electron chi connectivity index (χ2n) is 5.70. The molecule has 4 rings (SSSR count). The van der Waals surface area contributed by atoms with E-state index in [1.54, 1.807) is 14.2 Å². The fourth-order valence-electron chi connectivity index (χ4n) is 2.90. The van der Waals surface area contributed by atoms with Gasteiger partial charge in [0.1, 0.15) is 17.2 Å². The van der Waals surface area contributed by atoms with E-state index in [9.17, 15) is 0 Å². The minimum Gasteiger partial charge on any atom is -0.496 e. The third kappa shape index (κ3) is 2.84. The van der Waals surface area contributed by atoms with E-state index < -0.39 is 0 Å². The minimum absolute atomic E-state index is 0.583. The van der Waals surface area contributed by atoms with Gasteiger partial charge in [-0.2, -0.15) is 0 Å². The summed E-state index contributed by atoms with van der Waals surface area (Å²) in [6, 6.07) is 19.3. The largest absolute Gasteiger partial charge is 0.496 e. The maximum absolute atomic E-state index is 5.49. The molecule has 0 N–H and O–H groups in total. The maximum Gasteiger partial charge on any atom is 0.178 e. The van der Waals surface area contributed by atoms with Gasteiger partial charge in [-0.05, 0) is 30.3 Å². The van der Waals surface area contributed by atoms with Crippen molar-refractivity contribution in [1.82, 2.24) is 15.0 Å². The predicted octanol–water partition coefficient (Wildman–Crippen LogP) is 4.38. The van der Waals surface area contributed by atoms with Crippen LogP contribution in [0.4, 0.5) is 0 Å². The number of ether oxygens (including phenoxy) is 2. The molecule has 0 radical (unpaired) electrons. The third-order valence-corrected chi connectivity index (χ3v) is 4.15. The Hall–Kier alpha value is -3.47. The average Bonchev–Trinajstić information content (AvgIpc) is 2.72. The molecule has 0 spiro atoms. The molecule has 0 fully saturated rings. The van der Waals surface area contributed by atoms with Crippen molar-refractivity contribution < 1.29 is 9.47 Å². The van der Waals surface area contributed by atoms with Gasteiger partial charge in [-0.25, -0.2) is 15.0 Å². The molecule has 0 bridgehead atoms. The Bertz CT molecular complexity index is 1060. The lowest BCUT2D eigenvalue weighted by Crippen LogP contribution is -1.97. The molecular weight excluding hydrogens is 326 g/mol. The Balaban J connectivity index is 1.85. The minimum atomic E-state index is 0.583. The molecule has 2 aromatic carbocycles. The number of hydrogen-bond donors (Lipinski definition) is 0. The van der Waals surface area contributed by atoms with Crippen molar-refractivity contribution in [2.75, 3.05) is 14.2 Å². The molecular formula is C21H17N3O2. The van der Waals surface area contributed by atoms with Gasteiger partial charge < -0.3 is 9.47 Å². The van der Waals surface area contributed by atoms with Gasteiger partial charge in [0.15, 0.2) is 5.82 Å². The Morgan fingerprint density at radius 2 is 1.38 bits per heavy atom. The van der Waals surface area contributed by atoms with E-state index in [0.29, 0.717) is 23.0 Å². The Morgan fingerprint density at radius 1 is 0.692 bits per heavy atom. The van der Waals surface area contributed by atoms with Gasteiger partial charge in [-0.1, -0.05) is 30.3 Å². The first kappa shape index (κ1) is 16.0. The molecule has 0 aliphatic heterocycles. The van der Waals surface area contributed by atoms with Crippen LogP contribution in [0.25, 0.3) is 33.7 Å². The maximum atomic E-state index is 5.49. The number of nitrogens with zero attached hydrogens (tertiary/aromatic N) is 3. The Kier molecular flexibility index (Phi) is 4.19. The van der Waals surface area contributed by atoms with Crippen molar-refractivity contribution in [3.05, 3.63) is 66.9 Å². The van der Waals surface area contributed by atoms with Gasteiger partial charge in [0, 0.05) is 11.6 Å². The van der Waals surface area contributed by atoms with Gasteiger partial charge in [-0.3, -0.25) is 0 Å². The number of para-hydroxylation sites is 1. The standard InChI is InChI=1S/C21H17N3O2/c1-25-18-11-6-12-19(26-2)20(18)16-9-5-10-17(23-16)21-22-13-14-7-3-4-8-15(14)24-21/h3-13H,1-2H3. The van der Waals surface area contributed by atoms with Crippen molar-refractivity contribution in [3.8, 4) is 34.3 Å². The van der Waals surface area contributed by atoms with Gasteiger partial charge >= 0.3 is 0 Å². The zero-order valence-electron chi connectivity index (χ0n) is 14.5. The summed E-state index contributed by atoms with van der Waals surface area (Å²) in [5, 5.41) is 0.999. The van der Waals surface area contributed by atoms with E-state index in [1.165, 1.54) is 0 Å². The summed E-state index contributed by atoms with van der Waals surface area (Å²) in [7, 11) is 3.27. The lowest BCUT2D eigenvalue weighted by molar-refractivity contribution is 0.397. The summed E-state index contributed by atoms with van der Waals surface area (Å²) < 4.78 is 11.0. The smallest absolute Gasteiger partial charge is 0.178 e. The summed E-state index contributed by atoms with van der Waals surface area (Å²) >= 11 is 0. The number of rotatable bonds is 4. The van der Waals surface area contributed by atoms with Crippen molar-refractivity contribution in [2.45, 2.75) is 0 Å². The predicted molar refractivity (Wildman–Crippen MR) is 101 cm³/mol. The van der Waals surface area contributed by atoms with E-state index in [-0.39, 0.29) is 0 Å². The highest BCUT2D eigenvalue weighted by Crippen LogP contribution is 2.37. The van der Waals surface area contributed by atoms with Crippen LogP contribution in [-0.2, 0) is 0 Å². The zero-order valence-corrected chi connectivity index (χ0v) is 14.5. The van der Waals surface area contributed by atoms with Gasteiger partial charge in [0.05, 0.1) is 31.0 Å². The zero-order chi connectivity index (χ0) is 17.9. The molecule has 0 aliphatic carbocycles. The first-order valence-electron chi connectivity index (χ1n) is 8.21. The number of hydrogen-bond acceptors (Lipinski definition) is 5. The second kappa shape index (κ2) is 6.80. The SMILES string of the molecule is COc1cccc(OC)c1-c1cccc(-c2ncc3ccccc3n2)n1. The van der Waals surface area contributed by atoms with Crippen LogP contribution >= 0.6 is 0 Å². The van der Waals surface area contributed by atoms with E-state index in [4.69, 9.17) is 14.5 Å². The molecule has 128 valence electrons. The van der Waals surface area contributed by atoms with Gasteiger partial charge in [0.25, 0.3) is 0 Å². The van der Waals surface area contributed by atoms with E-state index >= 15 is 0 Å². The van der Waals surface area contributed by atoms with Crippen LogP contribution in [0.15, 0.2) is 66.9 Å². The molecule has 0 atom stereocenters. The van der Waals surface area contributed by atoms with Crippen LogP contribution in [0.5, 0.6) is 11.5 Å². The Labute approximate surface area is 151 Å². The summed E-state index contributed by atoms with van der Waals surface area (Å²) in [6.45, 7) is 0. The fraction of sp³-hybridized carbons (Fsp3) is 0.0952. The van der Waals surface area contributed by atoms with Crippen molar-refractivity contribution in [3.63, 3.8) is 0 Å². The normalized spacial score (nSPS) is 10.7. The molecule has 0 saturated carbocycles. The summed E-state index contributed by atoms with van der Waals surface area (Å²) in [5.74, 6) is 1.99. The number of fused-ring (bicyclic) bond motifs is 1. The highest BCUT2D eigenvalue weighted by atomic mass is 16.5. The van der Waals surface area contributed by atoms with Gasteiger partial charge in [0.2, 0.25) is 0 Å². The number of pyridine rings is 1. The van der Waals surface area contributed by atoms with E-state index in [0.717, 1.165) is 22.2 Å². The van der Waals surface area contributed by atoms with Gasteiger partial charge in [-0.15, -0.1) is 0 Å². The van der Waals surface area contributed by atoms with E-state index in [2.05, 4.69) is 9.97 Å². The molecule has 5 nitrogen and oxygen atoms in total. The molecule has 5 heteroatoms.